The Balaban J connectivity index is 2.31. The third-order valence-corrected chi connectivity index (χ3v) is 3.58. The normalized spacial score (nSPS) is 13.9. The van der Waals surface area contributed by atoms with E-state index in [-0.39, 0.29) is 5.91 Å². The quantitative estimate of drug-likeness (QED) is 0.776. The summed E-state index contributed by atoms with van der Waals surface area (Å²) in [5.41, 5.74) is 3.76. The highest BCUT2D eigenvalue weighted by Crippen LogP contribution is 2.39. The number of hydrogen-bond acceptors (Lipinski definition) is 2. The lowest BCUT2D eigenvalue weighted by Crippen LogP contribution is -2.25. The molecule has 2 aromatic carbocycles. The molecule has 1 amide bonds. The zero-order valence-corrected chi connectivity index (χ0v) is 11.1. The number of fused-ring (bicyclic) bond motifs is 2. The van der Waals surface area contributed by atoms with Crippen molar-refractivity contribution in [2.45, 2.75) is 6.92 Å². The SMILES string of the molecule is CCN1c2ccccc2C(=O)N(C)c2ccccc21. The maximum Gasteiger partial charge on any atom is 0.260 e. The average Bonchev–Trinajstić information content (AvgIpc) is 2.55. The topological polar surface area (TPSA) is 23.6 Å². The molecular formula is C16H16N2O. The van der Waals surface area contributed by atoms with Crippen molar-refractivity contribution in [3.8, 4) is 0 Å². The summed E-state index contributed by atoms with van der Waals surface area (Å²) in [4.78, 5) is 16.5. The summed E-state index contributed by atoms with van der Waals surface area (Å²) >= 11 is 0. The fourth-order valence-corrected chi connectivity index (χ4v) is 2.63. The highest BCUT2D eigenvalue weighted by Gasteiger charge is 2.27. The Morgan fingerprint density at radius 2 is 1.47 bits per heavy atom. The van der Waals surface area contributed by atoms with Gasteiger partial charge in [-0.25, -0.2) is 0 Å². The number of hydrogen-bond donors (Lipinski definition) is 0. The Morgan fingerprint density at radius 1 is 0.895 bits per heavy atom. The fraction of sp³-hybridized carbons (Fsp3) is 0.188. The molecule has 1 aliphatic heterocycles. The lowest BCUT2D eigenvalue weighted by atomic mass is 10.1. The fourth-order valence-electron chi connectivity index (χ4n) is 2.63. The molecule has 3 heteroatoms. The summed E-state index contributed by atoms with van der Waals surface area (Å²) in [5.74, 6) is 0.0407. The van der Waals surface area contributed by atoms with Crippen LogP contribution < -0.4 is 9.80 Å². The molecule has 0 N–H and O–H groups in total. The highest BCUT2D eigenvalue weighted by molar-refractivity contribution is 6.13. The molecule has 0 saturated carbocycles. The van der Waals surface area contributed by atoms with E-state index < -0.39 is 0 Å². The summed E-state index contributed by atoms with van der Waals surface area (Å²) in [7, 11) is 1.83. The predicted molar refractivity (Wildman–Crippen MR) is 78.3 cm³/mol. The molecule has 0 fully saturated rings. The van der Waals surface area contributed by atoms with Crippen molar-refractivity contribution in [2.75, 3.05) is 23.4 Å². The van der Waals surface area contributed by atoms with E-state index in [2.05, 4.69) is 17.9 Å². The van der Waals surface area contributed by atoms with Gasteiger partial charge in [0.2, 0.25) is 0 Å². The third-order valence-electron chi connectivity index (χ3n) is 3.58. The van der Waals surface area contributed by atoms with Gasteiger partial charge in [-0.2, -0.15) is 0 Å². The largest absolute Gasteiger partial charge is 0.339 e. The van der Waals surface area contributed by atoms with E-state index in [0.717, 1.165) is 29.2 Å². The summed E-state index contributed by atoms with van der Waals surface area (Å²) < 4.78 is 0. The van der Waals surface area contributed by atoms with E-state index in [4.69, 9.17) is 0 Å². The summed E-state index contributed by atoms with van der Waals surface area (Å²) in [6.45, 7) is 2.93. The van der Waals surface area contributed by atoms with Crippen LogP contribution in [0.2, 0.25) is 0 Å². The van der Waals surface area contributed by atoms with Crippen LogP contribution in [0.4, 0.5) is 17.1 Å². The molecule has 3 nitrogen and oxygen atoms in total. The molecule has 0 radical (unpaired) electrons. The molecule has 0 unspecified atom stereocenters. The number of anilines is 3. The van der Waals surface area contributed by atoms with Crippen LogP contribution in [0.15, 0.2) is 48.5 Å². The van der Waals surface area contributed by atoms with Crippen LogP contribution in [-0.2, 0) is 0 Å². The van der Waals surface area contributed by atoms with E-state index in [1.807, 2.05) is 49.5 Å². The molecular weight excluding hydrogens is 236 g/mol. The molecule has 19 heavy (non-hydrogen) atoms. The van der Waals surface area contributed by atoms with Crippen LogP contribution in [0, 0.1) is 0 Å². The average molecular weight is 252 g/mol. The minimum Gasteiger partial charge on any atom is -0.339 e. The molecule has 1 heterocycles. The number of amides is 1. The van der Waals surface area contributed by atoms with Gasteiger partial charge in [0.15, 0.2) is 0 Å². The molecule has 0 bridgehead atoms. The van der Waals surface area contributed by atoms with Gasteiger partial charge in [0.05, 0.1) is 22.6 Å². The van der Waals surface area contributed by atoms with Crippen molar-refractivity contribution in [1.29, 1.82) is 0 Å². The highest BCUT2D eigenvalue weighted by atomic mass is 16.2. The van der Waals surface area contributed by atoms with Crippen LogP contribution in [0.3, 0.4) is 0 Å². The Labute approximate surface area is 113 Å². The zero-order chi connectivity index (χ0) is 13.4. The summed E-state index contributed by atoms with van der Waals surface area (Å²) in [6.07, 6.45) is 0. The Morgan fingerprint density at radius 3 is 2.16 bits per heavy atom. The number of nitrogens with zero attached hydrogens (tertiary/aromatic N) is 2. The summed E-state index contributed by atoms with van der Waals surface area (Å²) in [6, 6.07) is 15.8. The van der Waals surface area contributed by atoms with E-state index in [0.29, 0.717) is 0 Å². The van der Waals surface area contributed by atoms with Gasteiger partial charge in [-0.05, 0) is 31.2 Å². The predicted octanol–water partition coefficient (Wildman–Crippen LogP) is 3.43. The lowest BCUT2D eigenvalue weighted by molar-refractivity contribution is 0.0994. The Kier molecular flexibility index (Phi) is 2.75. The van der Waals surface area contributed by atoms with Gasteiger partial charge in [0, 0.05) is 13.6 Å². The van der Waals surface area contributed by atoms with E-state index in [1.54, 1.807) is 4.90 Å². The van der Waals surface area contributed by atoms with Crippen molar-refractivity contribution < 1.29 is 4.79 Å². The monoisotopic (exact) mass is 252 g/mol. The van der Waals surface area contributed by atoms with Crippen molar-refractivity contribution in [2.24, 2.45) is 0 Å². The third kappa shape index (κ3) is 1.70. The second kappa shape index (κ2) is 4.43. The first-order valence-corrected chi connectivity index (χ1v) is 6.47. The van der Waals surface area contributed by atoms with Gasteiger partial charge in [0.1, 0.15) is 0 Å². The molecule has 0 spiro atoms. The molecule has 3 rings (SSSR count). The first-order chi connectivity index (χ1) is 9.24. The molecule has 0 aromatic heterocycles. The lowest BCUT2D eigenvalue weighted by Gasteiger charge is -2.24. The van der Waals surface area contributed by atoms with Crippen molar-refractivity contribution >= 4 is 23.0 Å². The second-order valence-electron chi connectivity index (χ2n) is 4.61. The van der Waals surface area contributed by atoms with Gasteiger partial charge < -0.3 is 9.80 Å². The van der Waals surface area contributed by atoms with Gasteiger partial charge in [0.25, 0.3) is 5.91 Å². The summed E-state index contributed by atoms with van der Waals surface area (Å²) in [5, 5.41) is 0. The molecule has 0 aliphatic carbocycles. The van der Waals surface area contributed by atoms with E-state index in [1.165, 1.54) is 0 Å². The first-order valence-electron chi connectivity index (χ1n) is 6.47. The van der Waals surface area contributed by atoms with Crippen molar-refractivity contribution in [3.63, 3.8) is 0 Å². The standard InChI is InChI=1S/C16H16N2O/c1-3-18-13-9-5-4-8-12(13)16(19)17(2)14-10-6-7-11-15(14)18/h4-11H,3H2,1-2H3. The van der Waals surface area contributed by atoms with Crippen LogP contribution in [0.25, 0.3) is 0 Å². The van der Waals surface area contributed by atoms with Crippen molar-refractivity contribution in [1.82, 2.24) is 0 Å². The first kappa shape index (κ1) is 11.8. The van der Waals surface area contributed by atoms with Crippen LogP contribution in [-0.4, -0.2) is 19.5 Å². The minimum atomic E-state index is 0.0407. The van der Waals surface area contributed by atoms with Crippen LogP contribution in [0.1, 0.15) is 17.3 Å². The van der Waals surface area contributed by atoms with E-state index in [9.17, 15) is 4.79 Å². The van der Waals surface area contributed by atoms with Crippen LogP contribution >= 0.6 is 0 Å². The number of rotatable bonds is 1. The number of para-hydroxylation sites is 3. The number of carbonyl (C=O) groups excluding carboxylic acids is 1. The zero-order valence-electron chi connectivity index (χ0n) is 11.1. The molecule has 2 aromatic rings. The van der Waals surface area contributed by atoms with Gasteiger partial charge >= 0.3 is 0 Å². The Bertz CT molecular complexity index is 636. The van der Waals surface area contributed by atoms with Crippen LogP contribution in [0.5, 0.6) is 0 Å². The molecule has 0 atom stereocenters. The molecule has 1 aliphatic rings. The van der Waals surface area contributed by atoms with E-state index >= 15 is 0 Å². The molecule has 0 saturated heterocycles. The maximum absolute atomic E-state index is 12.6. The Hall–Kier alpha value is -2.29. The van der Waals surface area contributed by atoms with Gasteiger partial charge in [-0.15, -0.1) is 0 Å². The minimum absolute atomic E-state index is 0.0407. The number of benzene rings is 2. The van der Waals surface area contributed by atoms with Gasteiger partial charge in [-0.1, -0.05) is 24.3 Å². The van der Waals surface area contributed by atoms with Crippen molar-refractivity contribution in [3.05, 3.63) is 54.1 Å². The molecule has 96 valence electrons. The van der Waals surface area contributed by atoms with Gasteiger partial charge in [-0.3, -0.25) is 4.79 Å². The number of carbonyl (C=O) groups is 1. The maximum atomic E-state index is 12.6. The smallest absolute Gasteiger partial charge is 0.260 e. The second-order valence-corrected chi connectivity index (χ2v) is 4.61.